The van der Waals surface area contributed by atoms with Crippen molar-refractivity contribution < 1.29 is 14.1 Å². The Morgan fingerprint density at radius 1 is 1.45 bits per heavy atom. The van der Waals surface area contributed by atoms with Crippen LogP contribution >= 0.6 is 0 Å². The summed E-state index contributed by atoms with van der Waals surface area (Å²) in [4.78, 5) is 21.2. The highest BCUT2D eigenvalue weighted by atomic mass is 19.1. The van der Waals surface area contributed by atoms with Gasteiger partial charge < -0.3 is 10.6 Å². The van der Waals surface area contributed by atoms with E-state index in [2.05, 4.69) is 10.6 Å². The molecular formula is C13H18FN3O3. The van der Waals surface area contributed by atoms with Crippen LogP contribution in [-0.2, 0) is 4.79 Å². The lowest BCUT2D eigenvalue weighted by atomic mass is 10.2. The number of benzene rings is 1. The van der Waals surface area contributed by atoms with Crippen molar-refractivity contribution in [1.82, 2.24) is 5.32 Å². The summed E-state index contributed by atoms with van der Waals surface area (Å²) < 4.78 is 13.3. The fourth-order valence-corrected chi connectivity index (χ4v) is 1.60. The first-order chi connectivity index (χ1) is 9.40. The minimum absolute atomic E-state index is 0.218. The van der Waals surface area contributed by atoms with Gasteiger partial charge in [-0.1, -0.05) is 13.8 Å². The van der Waals surface area contributed by atoms with E-state index in [1.807, 2.05) is 13.8 Å². The van der Waals surface area contributed by atoms with E-state index in [4.69, 9.17) is 0 Å². The van der Waals surface area contributed by atoms with Gasteiger partial charge in [0.1, 0.15) is 0 Å². The average molecular weight is 283 g/mol. The highest BCUT2D eigenvalue weighted by Crippen LogP contribution is 2.20. The van der Waals surface area contributed by atoms with Crippen LogP contribution < -0.4 is 10.6 Å². The summed E-state index contributed by atoms with van der Waals surface area (Å²) in [7, 11) is 0. The fourth-order valence-electron chi connectivity index (χ4n) is 1.60. The predicted octanol–water partition coefficient (Wildman–Crippen LogP) is 2.45. The summed E-state index contributed by atoms with van der Waals surface area (Å²) >= 11 is 0. The van der Waals surface area contributed by atoms with Gasteiger partial charge in [-0.2, -0.15) is 4.39 Å². The molecule has 0 aliphatic heterocycles. The molecule has 0 atom stereocenters. The second-order valence-corrected chi connectivity index (χ2v) is 4.68. The summed E-state index contributed by atoms with van der Waals surface area (Å²) in [5.74, 6) is -1.21. The van der Waals surface area contributed by atoms with E-state index < -0.39 is 16.4 Å². The maximum atomic E-state index is 13.3. The van der Waals surface area contributed by atoms with Crippen molar-refractivity contribution in [1.29, 1.82) is 0 Å². The number of amides is 1. The molecule has 2 N–H and O–H groups in total. The molecule has 6 nitrogen and oxygen atoms in total. The highest BCUT2D eigenvalue weighted by molar-refractivity contribution is 5.90. The molecule has 0 saturated carbocycles. The molecule has 0 heterocycles. The fraction of sp³-hybridized carbons (Fsp3) is 0.462. The zero-order valence-electron chi connectivity index (χ0n) is 11.5. The Labute approximate surface area is 116 Å². The van der Waals surface area contributed by atoms with E-state index >= 15 is 0 Å². The molecule has 1 aromatic carbocycles. The molecule has 0 aliphatic rings. The van der Waals surface area contributed by atoms with Crippen LogP contribution in [-0.4, -0.2) is 23.4 Å². The Hall–Kier alpha value is -2.02. The van der Waals surface area contributed by atoms with Crippen LogP contribution in [0.5, 0.6) is 0 Å². The van der Waals surface area contributed by atoms with Gasteiger partial charge in [0.15, 0.2) is 0 Å². The zero-order chi connectivity index (χ0) is 15.1. The Morgan fingerprint density at radius 3 is 2.70 bits per heavy atom. The van der Waals surface area contributed by atoms with Crippen LogP contribution in [0.3, 0.4) is 0 Å². The maximum absolute atomic E-state index is 13.3. The van der Waals surface area contributed by atoms with Crippen molar-refractivity contribution >= 4 is 17.3 Å². The molecule has 0 unspecified atom stereocenters. The van der Waals surface area contributed by atoms with Crippen LogP contribution in [0.4, 0.5) is 15.8 Å². The lowest BCUT2D eigenvalue weighted by Crippen LogP contribution is -2.24. The van der Waals surface area contributed by atoms with E-state index in [0.717, 1.165) is 18.7 Å². The standard InChI is InChI=1S/C13H18FN3O3/c1-9(2)15-7-3-4-13(18)16-10-5-6-12(17(19)20)11(14)8-10/h5-6,8-9,15H,3-4,7H2,1-2H3,(H,16,18). The van der Waals surface area contributed by atoms with Gasteiger partial charge >= 0.3 is 5.69 Å². The van der Waals surface area contributed by atoms with Crippen LogP contribution in [0, 0.1) is 15.9 Å². The SMILES string of the molecule is CC(C)NCCCC(=O)Nc1ccc([N+](=O)[O-])c(F)c1. The van der Waals surface area contributed by atoms with Crippen molar-refractivity contribution in [3.8, 4) is 0 Å². The second kappa shape index (κ2) is 7.54. The van der Waals surface area contributed by atoms with Gasteiger partial charge in [-0.3, -0.25) is 14.9 Å². The summed E-state index contributed by atoms with van der Waals surface area (Å²) in [5.41, 5.74) is -0.390. The topological polar surface area (TPSA) is 84.3 Å². The number of carbonyl (C=O) groups excluding carboxylic acids is 1. The monoisotopic (exact) mass is 283 g/mol. The highest BCUT2D eigenvalue weighted by Gasteiger charge is 2.14. The molecule has 0 radical (unpaired) electrons. The average Bonchev–Trinajstić information content (AvgIpc) is 2.34. The normalized spacial score (nSPS) is 10.6. The summed E-state index contributed by atoms with van der Waals surface area (Å²) in [6, 6.07) is 3.65. The summed E-state index contributed by atoms with van der Waals surface area (Å²) in [6.07, 6.45) is 0.970. The summed E-state index contributed by atoms with van der Waals surface area (Å²) in [6.45, 7) is 4.75. The minimum Gasteiger partial charge on any atom is -0.326 e. The number of nitro groups is 1. The molecule has 7 heteroatoms. The number of nitrogens with one attached hydrogen (secondary N) is 2. The van der Waals surface area contributed by atoms with E-state index in [9.17, 15) is 19.3 Å². The first-order valence-corrected chi connectivity index (χ1v) is 6.37. The molecule has 0 bridgehead atoms. The molecule has 0 aliphatic carbocycles. The molecule has 0 fully saturated rings. The quantitative estimate of drug-likeness (QED) is 0.457. The molecule has 1 rings (SSSR count). The Bertz CT molecular complexity index is 492. The number of halogens is 1. The number of anilines is 1. The van der Waals surface area contributed by atoms with Gasteiger partial charge in [-0.25, -0.2) is 0 Å². The number of nitro benzene ring substituents is 1. The van der Waals surface area contributed by atoms with Gasteiger partial charge in [0.2, 0.25) is 11.7 Å². The predicted molar refractivity (Wildman–Crippen MR) is 74.1 cm³/mol. The minimum atomic E-state index is -0.964. The third-order valence-electron chi connectivity index (χ3n) is 2.56. The van der Waals surface area contributed by atoms with Crippen molar-refractivity contribution in [2.75, 3.05) is 11.9 Å². The maximum Gasteiger partial charge on any atom is 0.304 e. The van der Waals surface area contributed by atoms with Gasteiger partial charge in [0, 0.05) is 30.3 Å². The number of hydrogen-bond acceptors (Lipinski definition) is 4. The van der Waals surface area contributed by atoms with Crippen molar-refractivity contribution in [2.45, 2.75) is 32.7 Å². The van der Waals surface area contributed by atoms with E-state index in [0.29, 0.717) is 18.9 Å². The molecule has 0 saturated heterocycles. The first kappa shape index (κ1) is 16.0. The van der Waals surface area contributed by atoms with Gasteiger partial charge in [0.05, 0.1) is 4.92 Å². The number of carbonyl (C=O) groups is 1. The van der Waals surface area contributed by atoms with Crippen molar-refractivity contribution in [3.63, 3.8) is 0 Å². The van der Waals surface area contributed by atoms with E-state index in [-0.39, 0.29) is 11.6 Å². The van der Waals surface area contributed by atoms with Crippen LogP contribution in [0.2, 0.25) is 0 Å². The molecule has 0 spiro atoms. The zero-order valence-corrected chi connectivity index (χ0v) is 11.5. The Balaban J connectivity index is 2.46. The number of hydrogen-bond donors (Lipinski definition) is 2. The van der Waals surface area contributed by atoms with Gasteiger partial charge in [-0.05, 0) is 19.0 Å². The molecular weight excluding hydrogens is 265 g/mol. The molecule has 0 aromatic heterocycles. The second-order valence-electron chi connectivity index (χ2n) is 4.68. The van der Waals surface area contributed by atoms with E-state index in [1.165, 1.54) is 6.07 Å². The van der Waals surface area contributed by atoms with Crippen LogP contribution in [0.15, 0.2) is 18.2 Å². The van der Waals surface area contributed by atoms with Crippen molar-refractivity contribution in [2.24, 2.45) is 0 Å². The van der Waals surface area contributed by atoms with Gasteiger partial charge in [0.25, 0.3) is 0 Å². The third kappa shape index (κ3) is 5.31. The van der Waals surface area contributed by atoms with Crippen LogP contribution in [0.25, 0.3) is 0 Å². The largest absolute Gasteiger partial charge is 0.326 e. The third-order valence-corrected chi connectivity index (χ3v) is 2.56. The smallest absolute Gasteiger partial charge is 0.304 e. The first-order valence-electron chi connectivity index (χ1n) is 6.37. The molecule has 20 heavy (non-hydrogen) atoms. The lowest BCUT2D eigenvalue weighted by molar-refractivity contribution is -0.387. The number of nitrogens with zero attached hydrogens (tertiary/aromatic N) is 1. The molecule has 110 valence electrons. The lowest BCUT2D eigenvalue weighted by Gasteiger charge is -2.08. The van der Waals surface area contributed by atoms with E-state index in [1.54, 1.807) is 0 Å². The number of rotatable bonds is 7. The molecule has 1 amide bonds. The Morgan fingerprint density at radius 2 is 2.15 bits per heavy atom. The molecule has 1 aromatic rings. The van der Waals surface area contributed by atoms with Crippen LogP contribution in [0.1, 0.15) is 26.7 Å². The Kier molecular flexibility index (Phi) is 6.05. The van der Waals surface area contributed by atoms with Gasteiger partial charge in [-0.15, -0.1) is 0 Å². The summed E-state index contributed by atoms with van der Waals surface area (Å²) in [5, 5.41) is 16.1. The van der Waals surface area contributed by atoms with Crippen molar-refractivity contribution in [3.05, 3.63) is 34.1 Å².